The molecule has 4 aliphatic rings. The molecule has 2 bridgehead atoms. The molecule has 1 atom stereocenters. The minimum atomic E-state index is 0.351. The van der Waals surface area contributed by atoms with Gasteiger partial charge in [0.1, 0.15) is 11.0 Å². The molecule has 1 aromatic heterocycles. The topological polar surface area (TPSA) is 32.3 Å². The Bertz CT molecular complexity index is 511. The molecule has 3 aliphatic heterocycles. The molecular weight excluding hydrogens is 272 g/mol. The second-order valence-electron chi connectivity index (χ2n) is 6.21. The third kappa shape index (κ3) is 2.24. The quantitative estimate of drug-likeness (QED) is 0.586. The summed E-state index contributed by atoms with van der Waals surface area (Å²) in [6.45, 7) is 5.73. The molecule has 20 heavy (non-hydrogen) atoms. The third-order valence-corrected chi connectivity index (χ3v) is 5.29. The van der Waals surface area contributed by atoms with Crippen LogP contribution in [0.15, 0.2) is 0 Å². The van der Waals surface area contributed by atoms with Gasteiger partial charge in [-0.25, -0.2) is 9.97 Å². The Kier molecular flexibility index (Phi) is 3.41. The molecule has 0 radical (unpaired) electrons. The zero-order valence-corrected chi connectivity index (χ0v) is 12.6. The summed E-state index contributed by atoms with van der Waals surface area (Å²) in [6, 6.07) is 0.351. The molecule has 0 amide bonds. The monoisotopic (exact) mass is 292 g/mol. The summed E-state index contributed by atoms with van der Waals surface area (Å²) in [5.41, 5.74) is 2.43. The van der Waals surface area contributed by atoms with Gasteiger partial charge in [0.15, 0.2) is 0 Å². The summed E-state index contributed by atoms with van der Waals surface area (Å²) in [5, 5.41) is 0.713. The van der Waals surface area contributed by atoms with E-state index in [9.17, 15) is 0 Å². The van der Waals surface area contributed by atoms with Crippen LogP contribution in [0.25, 0.3) is 0 Å². The number of piperazine rings is 3. The van der Waals surface area contributed by atoms with Gasteiger partial charge in [-0.05, 0) is 25.7 Å². The van der Waals surface area contributed by atoms with Crippen molar-refractivity contribution in [1.29, 1.82) is 0 Å². The van der Waals surface area contributed by atoms with E-state index in [1.807, 2.05) is 0 Å². The molecule has 3 fully saturated rings. The van der Waals surface area contributed by atoms with Crippen molar-refractivity contribution in [2.75, 3.05) is 32.7 Å². The number of aromatic nitrogens is 2. The fraction of sp³-hybridized carbons (Fsp3) is 0.733. The van der Waals surface area contributed by atoms with Crippen molar-refractivity contribution in [3.63, 3.8) is 0 Å². The zero-order valence-electron chi connectivity index (χ0n) is 11.8. The lowest BCUT2D eigenvalue weighted by atomic mass is 10.1. The van der Waals surface area contributed by atoms with Crippen molar-refractivity contribution in [1.82, 2.24) is 19.8 Å². The van der Waals surface area contributed by atoms with E-state index in [1.54, 1.807) is 0 Å². The first-order valence-corrected chi connectivity index (χ1v) is 8.20. The Labute approximate surface area is 125 Å². The van der Waals surface area contributed by atoms with Gasteiger partial charge in [-0.1, -0.05) is 18.0 Å². The highest BCUT2D eigenvalue weighted by Crippen LogP contribution is 2.30. The van der Waals surface area contributed by atoms with E-state index in [0.29, 0.717) is 11.2 Å². The molecule has 1 aliphatic carbocycles. The molecule has 5 heteroatoms. The predicted octanol–water partition coefficient (Wildman–Crippen LogP) is 2.07. The average Bonchev–Trinajstić information content (AvgIpc) is 2.74. The molecule has 3 saturated heterocycles. The summed E-state index contributed by atoms with van der Waals surface area (Å²) in [6.07, 6.45) is 5.86. The largest absolute Gasteiger partial charge is 0.299 e. The number of rotatable bonds is 1. The van der Waals surface area contributed by atoms with Crippen molar-refractivity contribution < 1.29 is 0 Å². The number of fused-ring (bicyclic) bond motifs is 4. The van der Waals surface area contributed by atoms with E-state index >= 15 is 0 Å². The van der Waals surface area contributed by atoms with Crippen LogP contribution >= 0.6 is 11.6 Å². The molecule has 5 rings (SSSR count). The van der Waals surface area contributed by atoms with E-state index in [2.05, 4.69) is 14.8 Å². The maximum Gasteiger partial charge on any atom is 0.148 e. The van der Waals surface area contributed by atoms with Gasteiger partial charge in [0.05, 0.1) is 6.04 Å². The van der Waals surface area contributed by atoms with Crippen LogP contribution in [0.3, 0.4) is 0 Å². The second kappa shape index (κ2) is 5.24. The van der Waals surface area contributed by atoms with Crippen molar-refractivity contribution in [2.45, 2.75) is 38.1 Å². The second-order valence-corrected chi connectivity index (χ2v) is 6.57. The summed E-state index contributed by atoms with van der Waals surface area (Å²) in [7, 11) is 0. The fourth-order valence-electron chi connectivity index (χ4n) is 3.75. The normalized spacial score (nSPS) is 32.8. The number of hydrogen-bond acceptors (Lipinski definition) is 4. The van der Waals surface area contributed by atoms with E-state index in [-0.39, 0.29) is 0 Å². The van der Waals surface area contributed by atoms with Gasteiger partial charge in [0, 0.05) is 44.0 Å². The van der Waals surface area contributed by atoms with Gasteiger partial charge >= 0.3 is 0 Å². The molecule has 108 valence electrons. The first-order valence-electron chi connectivity index (χ1n) is 7.83. The van der Waals surface area contributed by atoms with Crippen LogP contribution in [-0.4, -0.2) is 52.5 Å². The van der Waals surface area contributed by atoms with Crippen molar-refractivity contribution in [2.24, 2.45) is 0 Å². The Morgan fingerprint density at radius 1 is 0.950 bits per heavy atom. The van der Waals surface area contributed by atoms with Gasteiger partial charge in [-0.15, -0.1) is 0 Å². The molecule has 4 nitrogen and oxygen atoms in total. The van der Waals surface area contributed by atoms with Gasteiger partial charge in [0.2, 0.25) is 0 Å². The number of hydrogen-bond donors (Lipinski definition) is 0. The van der Waals surface area contributed by atoms with E-state index in [4.69, 9.17) is 16.6 Å². The van der Waals surface area contributed by atoms with Crippen LogP contribution < -0.4 is 0 Å². The number of halogens is 1. The van der Waals surface area contributed by atoms with Crippen LogP contribution in [0.1, 0.15) is 42.4 Å². The maximum atomic E-state index is 6.46. The summed E-state index contributed by atoms with van der Waals surface area (Å²) >= 11 is 6.46. The lowest BCUT2D eigenvalue weighted by Gasteiger charge is -2.46. The minimum Gasteiger partial charge on any atom is -0.299 e. The van der Waals surface area contributed by atoms with Crippen molar-refractivity contribution in [3.8, 4) is 0 Å². The van der Waals surface area contributed by atoms with Gasteiger partial charge in [-0.2, -0.15) is 0 Å². The smallest absolute Gasteiger partial charge is 0.148 e. The molecule has 1 unspecified atom stereocenters. The number of aryl methyl sites for hydroxylation is 1. The molecule has 0 spiro atoms. The Morgan fingerprint density at radius 3 is 2.50 bits per heavy atom. The van der Waals surface area contributed by atoms with E-state index < -0.39 is 0 Å². The zero-order chi connectivity index (χ0) is 13.5. The third-order valence-electron chi connectivity index (χ3n) is 4.98. The highest BCUT2D eigenvalue weighted by Gasteiger charge is 2.35. The van der Waals surface area contributed by atoms with Crippen LogP contribution in [0.2, 0.25) is 5.15 Å². The highest BCUT2D eigenvalue weighted by molar-refractivity contribution is 6.30. The lowest BCUT2D eigenvalue weighted by molar-refractivity contribution is 0.00855. The molecule has 0 aromatic carbocycles. The van der Waals surface area contributed by atoms with Crippen LogP contribution in [0.4, 0.5) is 0 Å². The minimum absolute atomic E-state index is 0.351. The predicted molar refractivity (Wildman–Crippen MR) is 79.1 cm³/mol. The Hall–Kier alpha value is -0.710. The lowest BCUT2D eigenvalue weighted by Crippen LogP contribution is -2.57. The summed E-state index contributed by atoms with van der Waals surface area (Å²) in [5.74, 6) is 0.958. The molecular formula is C15H21ClN4. The standard InChI is InChI=1S/C15H21ClN4/c16-14-11-4-2-1-3-5-12(11)17-15(18-14)13-10-19-6-8-20(13)9-7-19/h13H,1-10H2. The van der Waals surface area contributed by atoms with Crippen molar-refractivity contribution >= 4 is 11.6 Å². The summed E-state index contributed by atoms with van der Waals surface area (Å²) in [4.78, 5) is 14.6. The average molecular weight is 293 g/mol. The highest BCUT2D eigenvalue weighted by atomic mass is 35.5. The summed E-state index contributed by atoms with van der Waals surface area (Å²) < 4.78 is 0. The Balaban J connectivity index is 1.68. The molecule has 0 N–H and O–H groups in total. The molecule has 0 saturated carbocycles. The SMILES string of the molecule is Clc1nc(C2CN3CCN2CC3)nc2c1CCCCC2. The van der Waals surface area contributed by atoms with Gasteiger partial charge < -0.3 is 0 Å². The number of nitrogens with zero attached hydrogens (tertiary/aromatic N) is 4. The van der Waals surface area contributed by atoms with Crippen molar-refractivity contribution in [3.05, 3.63) is 22.2 Å². The van der Waals surface area contributed by atoms with E-state index in [1.165, 1.54) is 43.6 Å². The van der Waals surface area contributed by atoms with Gasteiger partial charge in [-0.3, -0.25) is 9.80 Å². The molecule has 1 aromatic rings. The van der Waals surface area contributed by atoms with Crippen LogP contribution in [0, 0.1) is 0 Å². The van der Waals surface area contributed by atoms with Crippen LogP contribution in [0.5, 0.6) is 0 Å². The van der Waals surface area contributed by atoms with E-state index in [0.717, 1.165) is 38.3 Å². The Morgan fingerprint density at radius 2 is 1.75 bits per heavy atom. The fourth-order valence-corrected chi connectivity index (χ4v) is 4.04. The first-order chi connectivity index (χ1) is 9.81. The van der Waals surface area contributed by atoms with Crippen LogP contribution in [-0.2, 0) is 12.8 Å². The van der Waals surface area contributed by atoms with Gasteiger partial charge in [0.25, 0.3) is 0 Å². The first kappa shape index (κ1) is 13.0. The maximum absolute atomic E-state index is 6.46. The molecule has 4 heterocycles.